The van der Waals surface area contributed by atoms with Gasteiger partial charge in [-0.3, -0.25) is 14.9 Å². The summed E-state index contributed by atoms with van der Waals surface area (Å²) in [6, 6.07) is 6.50. The summed E-state index contributed by atoms with van der Waals surface area (Å²) in [7, 11) is 2.87. The van der Waals surface area contributed by atoms with Gasteiger partial charge in [0.15, 0.2) is 5.82 Å². The number of benzene rings is 1. The standard InChI is InChI=1S/C18H22ClN3O5/c1-10(11-5-4-6-12(19)7-11)20-17-16(22(24)25)14-8-13(23)9-15(21-17)18(14,26-2)27-3/h4-7,10,14-15,20-21H,8-9H2,1-3H3. The second-order valence-electron chi connectivity index (χ2n) is 6.76. The van der Waals surface area contributed by atoms with E-state index in [9.17, 15) is 14.9 Å². The summed E-state index contributed by atoms with van der Waals surface area (Å²) in [5.74, 6) is -1.87. The predicted molar refractivity (Wildman–Crippen MR) is 98.4 cm³/mol. The van der Waals surface area contributed by atoms with E-state index in [1.54, 1.807) is 12.1 Å². The number of nitrogens with zero attached hydrogens (tertiary/aromatic N) is 1. The molecule has 146 valence electrons. The molecule has 1 heterocycles. The van der Waals surface area contributed by atoms with Gasteiger partial charge in [0.1, 0.15) is 11.7 Å². The van der Waals surface area contributed by atoms with Gasteiger partial charge in [-0.25, -0.2) is 0 Å². The predicted octanol–water partition coefficient (Wildman–Crippen LogP) is 2.38. The largest absolute Gasteiger partial charge is 0.360 e. The molecule has 3 unspecified atom stereocenters. The van der Waals surface area contributed by atoms with Crippen LogP contribution in [0.15, 0.2) is 35.8 Å². The lowest BCUT2D eigenvalue weighted by Crippen LogP contribution is -2.66. The maximum Gasteiger partial charge on any atom is 0.294 e. The second-order valence-corrected chi connectivity index (χ2v) is 7.20. The highest BCUT2D eigenvalue weighted by Gasteiger charge is 2.60. The molecule has 1 saturated carbocycles. The van der Waals surface area contributed by atoms with E-state index in [-0.39, 0.29) is 36.2 Å². The molecule has 3 atom stereocenters. The lowest BCUT2D eigenvalue weighted by atomic mass is 9.74. The molecule has 27 heavy (non-hydrogen) atoms. The maximum atomic E-state index is 12.1. The van der Waals surface area contributed by atoms with Crippen molar-refractivity contribution < 1.29 is 19.2 Å². The van der Waals surface area contributed by atoms with Gasteiger partial charge < -0.3 is 20.1 Å². The molecule has 0 aromatic heterocycles. The second kappa shape index (κ2) is 7.46. The topological polar surface area (TPSA) is 103 Å². The maximum absolute atomic E-state index is 12.1. The van der Waals surface area contributed by atoms with Crippen LogP contribution in [0.5, 0.6) is 0 Å². The first-order valence-electron chi connectivity index (χ1n) is 8.61. The van der Waals surface area contributed by atoms with Crippen LogP contribution in [0, 0.1) is 16.0 Å². The molecule has 1 aromatic carbocycles. The highest BCUT2D eigenvalue weighted by Crippen LogP contribution is 2.44. The summed E-state index contributed by atoms with van der Waals surface area (Å²) < 4.78 is 11.1. The molecule has 0 spiro atoms. The molecule has 0 amide bonds. The van der Waals surface area contributed by atoms with Gasteiger partial charge in [-0.15, -0.1) is 0 Å². The lowest BCUT2D eigenvalue weighted by molar-refractivity contribution is -0.451. The number of ketones is 1. The molecule has 2 bridgehead atoms. The number of carbonyl (C=O) groups is 1. The Morgan fingerprint density at radius 1 is 1.37 bits per heavy atom. The van der Waals surface area contributed by atoms with Crippen LogP contribution >= 0.6 is 11.6 Å². The van der Waals surface area contributed by atoms with Crippen LogP contribution in [0.4, 0.5) is 0 Å². The van der Waals surface area contributed by atoms with E-state index in [4.69, 9.17) is 21.1 Å². The third-order valence-corrected chi connectivity index (χ3v) is 5.52. The number of fused-ring (bicyclic) bond motifs is 2. The SMILES string of the molecule is COC1(OC)C2CC(=O)CC1C([N+](=O)[O-])=C(NC(C)c1cccc(Cl)c1)N2. The van der Waals surface area contributed by atoms with Crippen LogP contribution in [0.2, 0.25) is 5.02 Å². The number of ether oxygens (including phenoxy) is 2. The molecule has 2 N–H and O–H groups in total. The number of methoxy groups -OCH3 is 2. The summed E-state index contributed by atoms with van der Waals surface area (Å²) in [6.45, 7) is 1.88. The average molecular weight is 396 g/mol. The Balaban J connectivity index is 2.01. The van der Waals surface area contributed by atoms with E-state index >= 15 is 0 Å². The number of halogens is 1. The minimum Gasteiger partial charge on any atom is -0.360 e. The Kier molecular flexibility index (Phi) is 5.41. The summed E-state index contributed by atoms with van der Waals surface area (Å²) in [6.07, 6.45) is 0.160. The molecule has 0 radical (unpaired) electrons. The van der Waals surface area contributed by atoms with Crippen molar-refractivity contribution in [3.05, 3.63) is 56.5 Å². The van der Waals surface area contributed by atoms with Crippen LogP contribution in [0.3, 0.4) is 0 Å². The van der Waals surface area contributed by atoms with Crippen molar-refractivity contribution >= 4 is 17.4 Å². The molecule has 1 aromatic rings. The molecule has 2 aliphatic rings. The third kappa shape index (κ3) is 3.40. The number of nitro groups is 1. The lowest BCUT2D eigenvalue weighted by Gasteiger charge is -2.49. The number of hydrogen-bond donors (Lipinski definition) is 2. The van der Waals surface area contributed by atoms with Gasteiger partial charge in [-0.05, 0) is 24.6 Å². The molecule has 1 fully saturated rings. The molecular weight excluding hydrogens is 374 g/mol. The van der Waals surface area contributed by atoms with E-state index in [0.29, 0.717) is 5.02 Å². The van der Waals surface area contributed by atoms with Gasteiger partial charge in [0.25, 0.3) is 5.70 Å². The summed E-state index contributed by atoms with van der Waals surface area (Å²) >= 11 is 6.05. The average Bonchev–Trinajstić information content (AvgIpc) is 2.61. The van der Waals surface area contributed by atoms with Crippen molar-refractivity contribution in [2.45, 2.75) is 37.6 Å². The summed E-state index contributed by atoms with van der Waals surface area (Å²) in [4.78, 5) is 23.5. The minimum atomic E-state index is -1.26. The fourth-order valence-corrected chi connectivity index (χ4v) is 4.19. The highest BCUT2D eigenvalue weighted by molar-refractivity contribution is 6.30. The van der Waals surface area contributed by atoms with E-state index in [1.807, 2.05) is 19.1 Å². The van der Waals surface area contributed by atoms with Crippen molar-refractivity contribution in [3.8, 4) is 0 Å². The Bertz CT molecular complexity index is 793. The van der Waals surface area contributed by atoms with E-state index < -0.39 is 22.7 Å². The minimum absolute atomic E-state index is 0.00704. The number of carbonyl (C=O) groups excluding carboxylic acids is 1. The highest BCUT2D eigenvalue weighted by atomic mass is 35.5. The van der Waals surface area contributed by atoms with E-state index in [2.05, 4.69) is 10.6 Å². The van der Waals surface area contributed by atoms with Crippen molar-refractivity contribution in [3.63, 3.8) is 0 Å². The van der Waals surface area contributed by atoms with Crippen LogP contribution in [0.25, 0.3) is 0 Å². The molecule has 1 aliphatic heterocycles. The van der Waals surface area contributed by atoms with Crippen molar-refractivity contribution in [2.75, 3.05) is 14.2 Å². The van der Waals surface area contributed by atoms with Crippen LogP contribution < -0.4 is 10.6 Å². The molecule has 8 nitrogen and oxygen atoms in total. The van der Waals surface area contributed by atoms with Gasteiger partial charge in [0.2, 0.25) is 5.79 Å². The van der Waals surface area contributed by atoms with Crippen LogP contribution in [-0.2, 0) is 14.3 Å². The van der Waals surface area contributed by atoms with Gasteiger partial charge >= 0.3 is 0 Å². The first-order chi connectivity index (χ1) is 12.8. The molecule has 9 heteroatoms. The smallest absolute Gasteiger partial charge is 0.294 e. The molecule has 3 rings (SSSR count). The third-order valence-electron chi connectivity index (χ3n) is 5.28. The summed E-state index contributed by atoms with van der Waals surface area (Å²) in [5.41, 5.74) is 0.743. The molecule has 1 aliphatic carbocycles. The number of Topliss-reactive ketones (excluding diaryl/α,β-unsaturated/α-hetero) is 1. The number of hydrogen-bond acceptors (Lipinski definition) is 7. The van der Waals surface area contributed by atoms with Crippen molar-refractivity contribution in [1.29, 1.82) is 0 Å². The Hall–Kier alpha value is -2.16. The van der Waals surface area contributed by atoms with Crippen LogP contribution in [-0.4, -0.2) is 36.8 Å². The number of nitrogens with one attached hydrogen (secondary N) is 2. The first-order valence-corrected chi connectivity index (χ1v) is 8.99. The quantitative estimate of drug-likeness (QED) is 0.433. The van der Waals surface area contributed by atoms with Crippen LogP contribution in [0.1, 0.15) is 31.4 Å². The Morgan fingerprint density at radius 3 is 2.67 bits per heavy atom. The zero-order chi connectivity index (χ0) is 19.8. The van der Waals surface area contributed by atoms with Gasteiger partial charge in [-0.1, -0.05) is 23.7 Å². The Labute approximate surface area is 162 Å². The van der Waals surface area contributed by atoms with Gasteiger partial charge in [-0.2, -0.15) is 0 Å². The molecule has 0 saturated heterocycles. The van der Waals surface area contributed by atoms with Gasteiger partial charge in [0, 0.05) is 32.1 Å². The zero-order valence-electron chi connectivity index (χ0n) is 15.3. The van der Waals surface area contributed by atoms with E-state index in [1.165, 1.54) is 14.2 Å². The van der Waals surface area contributed by atoms with Gasteiger partial charge in [0.05, 0.1) is 17.0 Å². The fraction of sp³-hybridized carbons (Fsp3) is 0.500. The van der Waals surface area contributed by atoms with E-state index in [0.717, 1.165) is 5.56 Å². The van der Waals surface area contributed by atoms with Crippen molar-refractivity contribution in [1.82, 2.24) is 10.6 Å². The monoisotopic (exact) mass is 395 g/mol. The van der Waals surface area contributed by atoms with Crippen molar-refractivity contribution in [2.24, 2.45) is 5.92 Å². The molecular formula is C18H22ClN3O5. The zero-order valence-corrected chi connectivity index (χ0v) is 16.1. The Morgan fingerprint density at radius 2 is 2.07 bits per heavy atom. The fourth-order valence-electron chi connectivity index (χ4n) is 3.99. The summed E-state index contributed by atoms with van der Waals surface area (Å²) in [5, 5.41) is 18.7. The number of rotatable bonds is 6. The first kappa shape index (κ1) is 19.6. The normalized spacial score (nSPS) is 25.0.